The average molecular weight is 419 g/mol. The van der Waals surface area contributed by atoms with Crippen molar-refractivity contribution in [2.45, 2.75) is 129 Å². The van der Waals surface area contributed by atoms with Gasteiger partial charge in [0.05, 0.1) is 0 Å². The van der Waals surface area contributed by atoms with Crippen molar-refractivity contribution in [3.05, 3.63) is 24.3 Å². The van der Waals surface area contributed by atoms with Crippen LogP contribution in [0.15, 0.2) is 24.3 Å². The summed E-state index contributed by atoms with van der Waals surface area (Å²) < 4.78 is 0. The van der Waals surface area contributed by atoms with Gasteiger partial charge in [-0.1, -0.05) is 90.2 Å². The van der Waals surface area contributed by atoms with Crippen molar-refractivity contribution >= 4 is 11.8 Å². The quantitative estimate of drug-likeness (QED) is 0.201. The molecule has 1 aliphatic carbocycles. The Balaban J connectivity index is 2.08. The predicted octanol–water partition coefficient (Wildman–Crippen LogP) is 6.36. The van der Waals surface area contributed by atoms with E-state index in [1.807, 2.05) is 12.2 Å². The molecule has 0 saturated heterocycles. The van der Waals surface area contributed by atoms with Gasteiger partial charge < -0.3 is 10.6 Å². The standard InChI is InChI=1S/C26H46N2O2/c1-3-5-7-9-11-13-15-17-19-25(29)27-23-21-22-24(23)28-26(30)20-18-16-14-12-10-8-6-4-2/h17-20,23-24H,3-16,21-22H2,1-2H3,(H,27,29)(H,28,30)/b19-17+,20-18+/t23-,24-/m1/s1. The summed E-state index contributed by atoms with van der Waals surface area (Å²) >= 11 is 0. The lowest BCUT2D eigenvalue weighted by atomic mass is 9.86. The highest BCUT2D eigenvalue weighted by atomic mass is 16.2. The second kappa shape index (κ2) is 18.2. The summed E-state index contributed by atoms with van der Waals surface area (Å²) in [6.07, 6.45) is 26.3. The van der Waals surface area contributed by atoms with E-state index >= 15 is 0 Å². The lowest BCUT2D eigenvalue weighted by molar-refractivity contribution is -0.121. The minimum absolute atomic E-state index is 0.0384. The van der Waals surface area contributed by atoms with Crippen LogP contribution >= 0.6 is 0 Å². The molecule has 1 rings (SSSR count). The Morgan fingerprint density at radius 1 is 0.633 bits per heavy atom. The van der Waals surface area contributed by atoms with Crippen molar-refractivity contribution in [1.29, 1.82) is 0 Å². The molecular formula is C26H46N2O2. The molecule has 0 spiro atoms. The van der Waals surface area contributed by atoms with Gasteiger partial charge in [0.2, 0.25) is 11.8 Å². The Morgan fingerprint density at radius 3 is 1.37 bits per heavy atom. The van der Waals surface area contributed by atoms with E-state index in [4.69, 9.17) is 0 Å². The van der Waals surface area contributed by atoms with E-state index in [1.165, 1.54) is 64.2 Å². The van der Waals surface area contributed by atoms with E-state index in [-0.39, 0.29) is 23.9 Å². The largest absolute Gasteiger partial charge is 0.348 e. The lowest BCUT2D eigenvalue weighted by Crippen LogP contribution is -2.57. The smallest absolute Gasteiger partial charge is 0.243 e. The molecule has 1 saturated carbocycles. The molecule has 0 aromatic carbocycles. The molecule has 2 amide bonds. The van der Waals surface area contributed by atoms with Crippen LogP contribution in [0.2, 0.25) is 0 Å². The van der Waals surface area contributed by atoms with Gasteiger partial charge in [0.1, 0.15) is 0 Å². The molecule has 0 aromatic heterocycles. The minimum Gasteiger partial charge on any atom is -0.348 e. The van der Waals surface area contributed by atoms with Crippen molar-refractivity contribution in [3.8, 4) is 0 Å². The number of hydrogen-bond acceptors (Lipinski definition) is 2. The molecule has 2 N–H and O–H groups in total. The highest BCUT2D eigenvalue weighted by Crippen LogP contribution is 2.20. The van der Waals surface area contributed by atoms with Gasteiger partial charge in [-0.3, -0.25) is 9.59 Å². The summed E-state index contributed by atoms with van der Waals surface area (Å²) in [5.74, 6) is -0.0768. The first kappa shape index (κ1) is 26.5. The van der Waals surface area contributed by atoms with Crippen LogP contribution in [0.1, 0.15) is 117 Å². The van der Waals surface area contributed by atoms with Gasteiger partial charge in [-0.05, 0) is 50.7 Å². The van der Waals surface area contributed by atoms with Crippen molar-refractivity contribution in [3.63, 3.8) is 0 Å². The number of unbranched alkanes of at least 4 members (excludes halogenated alkanes) is 12. The maximum atomic E-state index is 12.1. The Hall–Kier alpha value is -1.58. The molecule has 2 atom stereocenters. The van der Waals surface area contributed by atoms with Crippen LogP contribution in [0.25, 0.3) is 0 Å². The Labute approximate surface area is 185 Å². The fourth-order valence-corrected chi connectivity index (χ4v) is 3.77. The van der Waals surface area contributed by atoms with Gasteiger partial charge in [0.15, 0.2) is 0 Å². The first-order valence-corrected chi connectivity index (χ1v) is 12.6. The fourth-order valence-electron chi connectivity index (χ4n) is 3.77. The molecule has 172 valence electrons. The van der Waals surface area contributed by atoms with Crippen LogP contribution in [-0.4, -0.2) is 23.9 Å². The minimum atomic E-state index is -0.0384. The Morgan fingerprint density at radius 2 is 1.00 bits per heavy atom. The average Bonchev–Trinajstić information content (AvgIpc) is 2.73. The predicted molar refractivity (Wildman–Crippen MR) is 127 cm³/mol. The van der Waals surface area contributed by atoms with Crippen molar-refractivity contribution in [2.75, 3.05) is 0 Å². The third kappa shape index (κ3) is 13.6. The van der Waals surface area contributed by atoms with E-state index < -0.39 is 0 Å². The molecule has 4 nitrogen and oxygen atoms in total. The molecule has 0 bridgehead atoms. The van der Waals surface area contributed by atoms with E-state index in [0.717, 1.165) is 38.5 Å². The van der Waals surface area contributed by atoms with Gasteiger partial charge >= 0.3 is 0 Å². The number of amides is 2. The van der Waals surface area contributed by atoms with E-state index in [1.54, 1.807) is 12.2 Å². The fraction of sp³-hybridized carbons (Fsp3) is 0.769. The Kier molecular flexibility index (Phi) is 16.1. The second-order valence-electron chi connectivity index (χ2n) is 8.73. The number of rotatable bonds is 18. The van der Waals surface area contributed by atoms with Crippen molar-refractivity contribution in [1.82, 2.24) is 10.6 Å². The molecule has 0 radical (unpaired) electrons. The van der Waals surface area contributed by atoms with Gasteiger partial charge in [-0.15, -0.1) is 0 Å². The van der Waals surface area contributed by atoms with Gasteiger partial charge in [-0.2, -0.15) is 0 Å². The molecule has 0 unspecified atom stereocenters. The van der Waals surface area contributed by atoms with Crippen molar-refractivity contribution in [2.24, 2.45) is 0 Å². The zero-order valence-electron chi connectivity index (χ0n) is 19.6. The van der Waals surface area contributed by atoms with Crippen LogP contribution in [0.5, 0.6) is 0 Å². The van der Waals surface area contributed by atoms with Crippen LogP contribution in [-0.2, 0) is 9.59 Å². The first-order valence-electron chi connectivity index (χ1n) is 12.6. The topological polar surface area (TPSA) is 58.2 Å². The summed E-state index contributed by atoms with van der Waals surface area (Å²) in [7, 11) is 0. The van der Waals surface area contributed by atoms with E-state index in [9.17, 15) is 9.59 Å². The monoisotopic (exact) mass is 418 g/mol. The first-order chi connectivity index (χ1) is 14.7. The highest BCUT2D eigenvalue weighted by molar-refractivity contribution is 5.89. The van der Waals surface area contributed by atoms with E-state index in [0.29, 0.717) is 0 Å². The van der Waals surface area contributed by atoms with Gasteiger partial charge in [0.25, 0.3) is 0 Å². The number of hydrogen-bond donors (Lipinski definition) is 2. The molecule has 0 aliphatic heterocycles. The molecule has 4 heteroatoms. The third-order valence-electron chi connectivity index (χ3n) is 5.92. The summed E-state index contributed by atoms with van der Waals surface area (Å²) in [5, 5.41) is 6.05. The van der Waals surface area contributed by atoms with Crippen LogP contribution < -0.4 is 10.6 Å². The number of carbonyl (C=O) groups excluding carboxylic acids is 2. The summed E-state index contributed by atoms with van der Waals surface area (Å²) in [6.45, 7) is 4.46. The van der Waals surface area contributed by atoms with Crippen molar-refractivity contribution < 1.29 is 9.59 Å². The molecule has 30 heavy (non-hydrogen) atoms. The maximum absolute atomic E-state index is 12.1. The second-order valence-corrected chi connectivity index (χ2v) is 8.73. The molecule has 0 aromatic rings. The third-order valence-corrected chi connectivity index (χ3v) is 5.92. The van der Waals surface area contributed by atoms with Crippen LogP contribution in [0.3, 0.4) is 0 Å². The molecular weight excluding hydrogens is 372 g/mol. The number of nitrogens with one attached hydrogen (secondary N) is 2. The van der Waals surface area contributed by atoms with Crippen LogP contribution in [0.4, 0.5) is 0 Å². The molecule has 1 aliphatic rings. The van der Waals surface area contributed by atoms with Gasteiger partial charge in [0, 0.05) is 12.1 Å². The summed E-state index contributed by atoms with van der Waals surface area (Å²) in [6, 6.07) is 0.124. The van der Waals surface area contributed by atoms with Gasteiger partial charge in [-0.25, -0.2) is 0 Å². The Bertz CT molecular complexity index is 467. The highest BCUT2D eigenvalue weighted by Gasteiger charge is 2.32. The van der Waals surface area contributed by atoms with E-state index in [2.05, 4.69) is 24.5 Å². The number of allylic oxidation sites excluding steroid dienone is 2. The summed E-state index contributed by atoms with van der Waals surface area (Å²) in [5.41, 5.74) is 0. The summed E-state index contributed by atoms with van der Waals surface area (Å²) in [4.78, 5) is 24.1. The molecule has 0 heterocycles. The number of carbonyl (C=O) groups is 2. The van der Waals surface area contributed by atoms with Crippen LogP contribution in [0, 0.1) is 0 Å². The normalized spacial score (nSPS) is 18.6. The molecule has 1 fully saturated rings. The maximum Gasteiger partial charge on any atom is 0.243 e. The zero-order chi connectivity index (χ0) is 21.9. The SMILES string of the molecule is CCCCCCCC/C=C/C(=O)N[C@@H]1CC[C@H]1NC(=O)/C=C/CCCCCCCC. The lowest BCUT2D eigenvalue weighted by Gasteiger charge is -2.37. The zero-order valence-corrected chi connectivity index (χ0v) is 19.6.